The lowest BCUT2D eigenvalue weighted by atomic mass is 9.93. The van der Waals surface area contributed by atoms with Crippen LogP contribution < -0.4 is 4.74 Å². The van der Waals surface area contributed by atoms with Crippen LogP contribution in [0.25, 0.3) is 36.5 Å². The first kappa shape index (κ1) is 27.2. The maximum Gasteiger partial charge on any atom is 0.417 e. The summed E-state index contributed by atoms with van der Waals surface area (Å²) in [5.74, 6) is 0.677. The average molecular weight is 575 g/mol. The standard InChI is InChI=1S/C33H26BrF3O/c1-23-6-3-7-24(20-23)14-19-31-27(15-12-26-9-5-11-30(22-26)38-2)17-18-28(32(31)33(35,36)37)16-13-25-8-4-10-29(34)21-25/h3-22H,1-2H3. The summed E-state index contributed by atoms with van der Waals surface area (Å²) in [6.07, 6.45) is 5.42. The molecule has 1 nitrogen and oxygen atoms in total. The molecular weight excluding hydrogens is 549 g/mol. The van der Waals surface area contributed by atoms with Gasteiger partial charge in [0.25, 0.3) is 0 Å². The highest BCUT2D eigenvalue weighted by Crippen LogP contribution is 2.39. The van der Waals surface area contributed by atoms with E-state index in [0.717, 1.165) is 26.7 Å². The van der Waals surface area contributed by atoms with Gasteiger partial charge in [-0.2, -0.15) is 13.2 Å². The van der Waals surface area contributed by atoms with Gasteiger partial charge in [0.05, 0.1) is 12.7 Å². The molecule has 0 radical (unpaired) electrons. The number of ether oxygens (including phenoxy) is 1. The fraction of sp³-hybridized carbons (Fsp3) is 0.0909. The summed E-state index contributed by atoms with van der Waals surface area (Å²) in [4.78, 5) is 0. The van der Waals surface area contributed by atoms with E-state index in [2.05, 4.69) is 15.9 Å². The number of methoxy groups -OCH3 is 1. The van der Waals surface area contributed by atoms with Crippen molar-refractivity contribution in [2.24, 2.45) is 0 Å². The predicted molar refractivity (Wildman–Crippen MR) is 157 cm³/mol. The molecule has 0 unspecified atom stereocenters. The van der Waals surface area contributed by atoms with Gasteiger partial charge in [-0.15, -0.1) is 0 Å². The smallest absolute Gasteiger partial charge is 0.417 e. The molecular formula is C33H26BrF3O. The van der Waals surface area contributed by atoms with Gasteiger partial charge >= 0.3 is 6.18 Å². The van der Waals surface area contributed by atoms with E-state index in [9.17, 15) is 13.2 Å². The molecule has 5 heteroatoms. The Balaban J connectivity index is 1.85. The third kappa shape index (κ3) is 7.14. The molecule has 0 saturated carbocycles. The van der Waals surface area contributed by atoms with E-state index in [4.69, 9.17) is 4.74 Å². The zero-order valence-corrected chi connectivity index (χ0v) is 22.6. The van der Waals surface area contributed by atoms with Crippen molar-refractivity contribution >= 4 is 52.4 Å². The summed E-state index contributed by atoms with van der Waals surface area (Å²) >= 11 is 3.41. The molecule has 0 amide bonds. The minimum absolute atomic E-state index is 0.0971. The second-order valence-corrected chi connectivity index (χ2v) is 9.69. The van der Waals surface area contributed by atoms with Crippen molar-refractivity contribution < 1.29 is 17.9 Å². The van der Waals surface area contributed by atoms with E-state index in [0.29, 0.717) is 11.3 Å². The molecule has 0 N–H and O–H groups in total. The van der Waals surface area contributed by atoms with Gasteiger partial charge in [-0.05, 0) is 64.6 Å². The van der Waals surface area contributed by atoms with Crippen molar-refractivity contribution in [1.82, 2.24) is 0 Å². The van der Waals surface area contributed by atoms with Crippen molar-refractivity contribution in [3.8, 4) is 5.75 Å². The third-order valence-electron chi connectivity index (χ3n) is 5.93. The molecule has 0 heterocycles. The van der Waals surface area contributed by atoms with Crippen LogP contribution >= 0.6 is 15.9 Å². The predicted octanol–water partition coefficient (Wildman–Crippen LogP) is 10.3. The Morgan fingerprint density at radius 3 is 1.89 bits per heavy atom. The van der Waals surface area contributed by atoms with Crippen LogP contribution in [-0.4, -0.2) is 7.11 Å². The first-order valence-corrected chi connectivity index (χ1v) is 12.8. The van der Waals surface area contributed by atoms with E-state index in [1.165, 1.54) is 12.1 Å². The Bertz CT molecular complexity index is 1510. The van der Waals surface area contributed by atoms with E-state index < -0.39 is 11.7 Å². The summed E-state index contributed by atoms with van der Waals surface area (Å²) in [7, 11) is 1.58. The second-order valence-electron chi connectivity index (χ2n) is 8.78. The van der Waals surface area contributed by atoms with Crippen LogP contribution in [0.15, 0.2) is 89.4 Å². The Morgan fingerprint density at radius 1 is 0.658 bits per heavy atom. The number of alkyl halides is 3. The Hall–Kier alpha value is -3.83. The van der Waals surface area contributed by atoms with Gasteiger partial charge < -0.3 is 4.74 Å². The maximum atomic E-state index is 14.6. The van der Waals surface area contributed by atoms with E-state index >= 15 is 0 Å². The summed E-state index contributed by atoms with van der Waals surface area (Å²) in [6, 6.07) is 25.7. The van der Waals surface area contributed by atoms with Gasteiger partial charge in [0.1, 0.15) is 5.75 Å². The quantitative estimate of drug-likeness (QED) is 0.199. The Kier molecular flexibility index (Phi) is 8.70. The van der Waals surface area contributed by atoms with Gasteiger partial charge in [-0.3, -0.25) is 0 Å². The minimum atomic E-state index is -4.57. The third-order valence-corrected chi connectivity index (χ3v) is 6.43. The minimum Gasteiger partial charge on any atom is -0.497 e. The van der Waals surface area contributed by atoms with E-state index in [1.807, 2.05) is 79.7 Å². The van der Waals surface area contributed by atoms with Gasteiger partial charge in [0, 0.05) is 4.47 Å². The van der Waals surface area contributed by atoms with Crippen LogP contribution in [0.3, 0.4) is 0 Å². The first-order valence-electron chi connectivity index (χ1n) is 12.0. The van der Waals surface area contributed by atoms with Crippen LogP contribution in [0, 0.1) is 6.92 Å². The van der Waals surface area contributed by atoms with Crippen molar-refractivity contribution in [1.29, 1.82) is 0 Å². The summed E-state index contributed by atoms with van der Waals surface area (Å²) in [5.41, 5.74) is 3.47. The number of halogens is 4. The zero-order valence-electron chi connectivity index (χ0n) is 21.0. The van der Waals surface area contributed by atoms with Gasteiger partial charge in [-0.25, -0.2) is 0 Å². The van der Waals surface area contributed by atoms with Crippen molar-refractivity contribution in [2.45, 2.75) is 13.1 Å². The molecule has 0 saturated heterocycles. The Morgan fingerprint density at radius 2 is 1.24 bits per heavy atom. The highest BCUT2D eigenvalue weighted by atomic mass is 79.9. The molecule has 0 atom stereocenters. The number of hydrogen-bond donors (Lipinski definition) is 0. The van der Waals surface area contributed by atoms with Crippen LogP contribution in [0.5, 0.6) is 5.75 Å². The number of rotatable bonds is 7. The maximum absolute atomic E-state index is 14.6. The van der Waals surface area contributed by atoms with Gasteiger partial charge in [-0.1, -0.05) is 119 Å². The number of hydrogen-bond acceptors (Lipinski definition) is 1. The molecule has 4 aromatic carbocycles. The van der Waals surface area contributed by atoms with Gasteiger partial charge in [0.15, 0.2) is 0 Å². The topological polar surface area (TPSA) is 9.23 Å². The molecule has 38 heavy (non-hydrogen) atoms. The van der Waals surface area contributed by atoms with Crippen molar-refractivity contribution in [3.05, 3.63) is 134 Å². The molecule has 0 aromatic heterocycles. The molecule has 4 aromatic rings. The molecule has 0 aliphatic rings. The number of benzene rings is 4. The summed E-state index contributed by atoms with van der Waals surface area (Å²) < 4.78 is 50.0. The highest BCUT2D eigenvalue weighted by molar-refractivity contribution is 9.10. The van der Waals surface area contributed by atoms with Crippen molar-refractivity contribution in [3.63, 3.8) is 0 Å². The first-order chi connectivity index (χ1) is 18.2. The van der Waals surface area contributed by atoms with Crippen LogP contribution in [-0.2, 0) is 6.18 Å². The van der Waals surface area contributed by atoms with Gasteiger partial charge in [0.2, 0.25) is 0 Å². The summed E-state index contributed by atoms with van der Waals surface area (Å²) in [5, 5.41) is 0. The van der Waals surface area contributed by atoms with Crippen LogP contribution in [0.1, 0.15) is 44.5 Å². The lowest BCUT2D eigenvalue weighted by molar-refractivity contribution is -0.137. The average Bonchev–Trinajstić information content (AvgIpc) is 2.89. The highest BCUT2D eigenvalue weighted by Gasteiger charge is 2.35. The molecule has 0 bridgehead atoms. The zero-order chi connectivity index (χ0) is 27.1. The normalized spacial score (nSPS) is 12.2. The molecule has 0 spiro atoms. The fourth-order valence-corrected chi connectivity index (χ4v) is 4.53. The molecule has 4 rings (SSSR count). The van der Waals surface area contributed by atoms with Crippen molar-refractivity contribution in [2.75, 3.05) is 7.11 Å². The number of aryl methyl sites for hydroxylation is 1. The van der Waals surface area contributed by atoms with Crippen LogP contribution in [0.4, 0.5) is 13.2 Å². The van der Waals surface area contributed by atoms with E-state index in [1.54, 1.807) is 43.6 Å². The lowest BCUT2D eigenvalue weighted by Crippen LogP contribution is -2.11. The second kappa shape index (κ2) is 12.1. The SMILES string of the molecule is COc1cccc(C=Cc2ccc(C=Cc3cccc(Br)c3)c(C(F)(F)F)c2C=Cc2cccc(C)c2)c1. The largest absolute Gasteiger partial charge is 0.497 e. The van der Waals surface area contributed by atoms with Crippen LogP contribution in [0.2, 0.25) is 0 Å². The fourth-order valence-electron chi connectivity index (χ4n) is 4.11. The molecule has 0 aliphatic heterocycles. The molecule has 0 fully saturated rings. The molecule has 192 valence electrons. The summed E-state index contributed by atoms with van der Waals surface area (Å²) in [6.45, 7) is 1.95. The lowest BCUT2D eigenvalue weighted by Gasteiger charge is -2.17. The van der Waals surface area contributed by atoms with E-state index in [-0.39, 0.29) is 11.1 Å². The Labute approximate surface area is 229 Å². The monoisotopic (exact) mass is 574 g/mol. The molecule has 0 aliphatic carbocycles.